The third-order valence-corrected chi connectivity index (χ3v) is 4.76. The van der Waals surface area contributed by atoms with Gasteiger partial charge in [-0.15, -0.1) is 0 Å². The van der Waals surface area contributed by atoms with E-state index >= 15 is 0 Å². The van der Waals surface area contributed by atoms with Crippen LogP contribution in [0.3, 0.4) is 0 Å². The van der Waals surface area contributed by atoms with Crippen molar-refractivity contribution in [3.05, 3.63) is 64.4 Å². The molecular weight excluding hydrogens is 384 g/mol. The third kappa shape index (κ3) is 4.00. The van der Waals surface area contributed by atoms with Crippen molar-refractivity contribution in [1.29, 1.82) is 5.26 Å². The molecule has 7 heteroatoms. The minimum atomic E-state index is -0.925. The van der Waals surface area contributed by atoms with Crippen molar-refractivity contribution in [2.75, 3.05) is 6.54 Å². The Hall–Kier alpha value is -3.76. The van der Waals surface area contributed by atoms with Crippen molar-refractivity contribution in [3.8, 4) is 17.4 Å². The number of furan rings is 1. The molecule has 3 rings (SSSR count). The number of carbonyl (C=O) groups is 3. The standard InChI is InChI=1S/C23H20N2O5/c1-13(26)12-25-22(28)19(14(2)20(11-24)23(25)29)10-18-8-9-21(30-18)17-6-4-16(5-7-17)15(3)27/h4-10,13,26H,12H2,1-3H3. The molecule has 2 aromatic rings. The van der Waals surface area contributed by atoms with Gasteiger partial charge in [-0.3, -0.25) is 19.3 Å². The van der Waals surface area contributed by atoms with Gasteiger partial charge in [0.25, 0.3) is 11.8 Å². The van der Waals surface area contributed by atoms with Crippen molar-refractivity contribution in [3.63, 3.8) is 0 Å². The molecule has 0 bridgehead atoms. The highest BCUT2D eigenvalue weighted by atomic mass is 16.3. The molecule has 2 heterocycles. The van der Waals surface area contributed by atoms with Crippen molar-refractivity contribution in [2.45, 2.75) is 26.9 Å². The smallest absolute Gasteiger partial charge is 0.271 e. The van der Waals surface area contributed by atoms with Gasteiger partial charge in [-0.2, -0.15) is 5.26 Å². The number of nitrogens with zero attached hydrogens (tertiary/aromatic N) is 2. The Labute approximate surface area is 173 Å². The molecule has 30 heavy (non-hydrogen) atoms. The van der Waals surface area contributed by atoms with Crippen LogP contribution in [0.2, 0.25) is 0 Å². The molecule has 1 unspecified atom stereocenters. The lowest BCUT2D eigenvalue weighted by Crippen LogP contribution is -2.45. The summed E-state index contributed by atoms with van der Waals surface area (Å²) in [6.45, 7) is 4.27. The Morgan fingerprint density at radius 3 is 2.43 bits per heavy atom. The van der Waals surface area contributed by atoms with Crippen molar-refractivity contribution in [2.24, 2.45) is 0 Å². The Morgan fingerprint density at radius 1 is 1.20 bits per heavy atom. The van der Waals surface area contributed by atoms with Crippen LogP contribution in [0.5, 0.6) is 0 Å². The highest BCUT2D eigenvalue weighted by Crippen LogP contribution is 2.29. The van der Waals surface area contributed by atoms with Gasteiger partial charge in [-0.25, -0.2) is 0 Å². The van der Waals surface area contributed by atoms with Gasteiger partial charge in [-0.05, 0) is 44.6 Å². The number of hydrogen-bond acceptors (Lipinski definition) is 6. The molecule has 0 saturated carbocycles. The van der Waals surface area contributed by atoms with E-state index in [1.54, 1.807) is 36.4 Å². The normalized spacial score (nSPS) is 16.8. The lowest BCUT2D eigenvalue weighted by molar-refractivity contribution is -0.141. The number of benzene rings is 1. The van der Waals surface area contributed by atoms with Gasteiger partial charge in [0.15, 0.2) is 5.78 Å². The lowest BCUT2D eigenvalue weighted by atomic mass is 9.94. The molecule has 1 atom stereocenters. The van der Waals surface area contributed by atoms with Crippen molar-refractivity contribution < 1.29 is 23.9 Å². The molecule has 0 radical (unpaired) electrons. The van der Waals surface area contributed by atoms with Gasteiger partial charge in [-0.1, -0.05) is 24.3 Å². The van der Waals surface area contributed by atoms with E-state index < -0.39 is 17.9 Å². The second kappa shape index (κ2) is 8.31. The predicted molar refractivity (Wildman–Crippen MR) is 109 cm³/mol. The molecule has 2 amide bonds. The second-order valence-corrected chi connectivity index (χ2v) is 7.08. The van der Waals surface area contributed by atoms with E-state index in [1.807, 2.05) is 6.07 Å². The second-order valence-electron chi connectivity index (χ2n) is 7.08. The number of hydrogen-bond donors (Lipinski definition) is 1. The summed E-state index contributed by atoms with van der Waals surface area (Å²) in [7, 11) is 0. The van der Waals surface area contributed by atoms with Crippen LogP contribution < -0.4 is 0 Å². The summed E-state index contributed by atoms with van der Waals surface area (Å²) in [5, 5.41) is 19.0. The molecule has 1 aliphatic rings. The van der Waals surface area contributed by atoms with Crippen LogP contribution in [-0.2, 0) is 9.59 Å². The zero-order chi connectivity index (χ0) is 22.0. The molecule has 152 valence electrons. The molecule has 0 aliphatic carbocycles. The van der Waals surface area contributed by atoms with E-state index in [1.165, 1.54) is 26.8 Å². The number of ketones is 1. The summed E-state index contributed by atoms with van der Waals surface area (Å²) < 4.78 is 5.81. The topological polar surface area (TPSA) is 112 Å². The summed E-state index contributed by atoms with van der Waals surface area (Å²) in [4.78, 5) is 37.5. The van der Waals surface area contributed by atoms with Gasteiger partial charge in [0.2, 0.25) is 0 Å². The first-order valence-corrected chi connectivity index (χ1v) is 9.31. The van der Waals surface area contributed by atoms with Gasteiger partial charge >= 0.3 is 0 Å². The summed E-state index contributed by atoms with van der Waals surface area (Å²) in [5.41, 5.74) is 1.62. The Balaban J connectivity index is 1.98. The maximum absolute atomic E-state index is 12.8. The number of aliphatic hydroxyl groups is 1. The molecule has 0 saturated heterocycles. The average Bonchev–Trinajstić information content (AvgIpc) is 3.17. The molecule has 1 aromatic carbocycles. The van der Waals surface area contributed by atoms with Gasteiger partial charge < -0.3 is 9.52 Å². The number of amides is 2. The first kappa shape index (κ1) is 21.0. The number of imide groups is 1. The van der Waals surface area contributed by atoms with Gasteiger partial charge in [0.05, 0.1) is 12.6 Å². The molecule has 1 aromatic heterocycles. The highest BCUT2D eigenvalue weighted by Gasteiger charge is 2.36. The fraction of sp³-hybridized carbons (Fsp3) is 0.217. The van der Waals surface area contributed by atoms with E-state index in [2.05, 4.69) is 0 Å². The maximum Gasteiger partial charge on any atom is 0.271 e. The molecule has 0 spiro atoms. The summed E-state index contributed by atoms with van der Waals surface area (Å²) in [6, 6.07) is 12.2. The quantitative estimate of drug-likeness (QED) is 0.466. The van der Waals surface area contributed by atoms with Crippen LogP contribution in [0.25, 0.3) is 17.4 Å². The Morgan fingerprint density at radius 2 is 1.87 bits per heavy atom. The Bertz CT molecular complexity index is 1130. The third-order valence-electron chi connectivity index (χ3n) is 4.76. The van der Waals surface area contributed by atoms with Gasteiger partial charge in [0.1, 0.15) is 23.2 Å². The Kier molecular flexibility index (Phi) is 5.81. The molecule has 0 fully saturated rings. The van der Waals surface area contributed by atoms with Crippen molar-refractivity contribution in [1.82, 2.24) is 4.90 Å². The van der Waals surface area contributed by atoms with Crippen LogP contribution in [0.1, 0.15) is 36.9 Å². The number of Topliss-reactive ketones (excluding diaryl/α,β-unsaturated/α-hetero) is 1. The first-order chi connectivity index (χ1) is 14.2. The zero-order valence-corrected chi connectivity index (χ0v) is 16.8. The van der Waals surface area contributed by atoms with Crippen LogP contribution >= 0.6 is 0 Å². The lowest BCUT2D eigenvalue weighted by Gasteiger charge is -2.28. The van der Waals surface area contributed by atoms with Crippen molar-refractivity contribution >= 4 is 23.7 Å². The molecule has 7 nitrogen and oxygen atoms in total. The number of nitriles is 1. The molecule has 1 aliphatic heterocycles. The number of rotatable bonds is 5. The van der Waals surface area contributed by atoms with Crippen LogP contribution in [-0.4, -0.2) is 40.3 Å². The average molecular weight is 404 g/mol. The fourth-order valence-corrected chi connectivity index (χ4v) is 3.16. The zero-order valence-electron chi connectivity index (χ0n) is 16.8. The molecule has 1 N–H and O–H groups in total. The maximum atomic E-state index is 12.8. The summed E-state index contributed by atoms with van der Waals surface area (Å²) in [5.74, 6) is -0.440. The number of carbonyl (C=O) groups excluding carboxylic acids is 3. The highest BCUT2D eigenvalue weighted by molar-refractivity contribution is 6.19. The van der Waals surface area contributed by atoms with Gasteiger partial charge in [0, 0.05) is 16.7 Å². The summed E-state index contributed by atoms with van der Waals surface area (Å²) in [6.07, 6.45) is 0.551. The number of β-amino-alcohol motifs (C(OH)–C–C–N with tert-alkyl or cyclic N) is 1. The largest absolute Gasteiger partial charge is 0.457 e. The van der Waals surface area contributed by atoms with Crippen LogP contribution in [0.15, 0.2) is 57.5 Å². The van der Waals surface area contributed by atoms with E-state index in [0.717, 1.165) is 10.5 Å². The van der Waals surface area contributed by atoms with E-state index in [0.29, 0.717) is 17.1 Å². The minimum Gasteiger partial charge on any atom is -0.457 e. The minimum absolute atomic E-state index is 0.0333. The molecular formula is C23H20N2O5. The fourth-order valence-electron chi connectivity index (χ4n) is 3.16. The van der Waals surface area contributed by atoms with Crippen LogP contribution in [0.4, 0.5) is 0 Å². The summed E-state index contributed by atoms with van der Waals surface area (Å²) >= 11 is 0. The number of aliphatic hydroxyl groups excluding tert-OH is 1. The first-order valence-electron chi connectivity index (χ1n) is 9.31. The van der Waals surface area contributed by atoms with E-state index in [4.69, 9.17) is 4.42 Å². The van der Waals surface area contributed by atoms with Crippen LogP contribution in [0, 0.1) is 11.3 Å². The van der Waals surface area contributed by atoms with E-state index in [-0.39, 0.29) is 29.0 Å². The predicted octanol–water partition coefficient (Wildman–Crippen LogP) is 3.12. The monoisotopic (exact) mass is 404 g/mol. The SMILES string of the molecule is CC(=O)c1ccc(-c2ccc(C=C3C(=O)N(CC(C)O)C(=O)C(C#N)=C3C)o2)cc1. The van der Waals surface area contributed by atoms with E-state index in [9.17, 15) is 24.8 Å².